The zero-order valence-electron chi connectivity index (χ0n) is 16.5. The maximum Gasteiger partial charge on any atom is 0.246 e. The van der Waals surface area contributed by atoms with E-state index in [9.17, 15) is 12.8 Å². The summed E-state index contributed by atoms with van der Waals surface area (Å²) in [4.78, 5) is 4.46. The fourth-order valence-electron chi connectivity index (χ4n) is 3.72. The fourth-order valence-corrected chi connectivity index (χ4v) is 5.43. The van der Waals surface area contributed by atoms with Gasteiger partial charge in [0.1, 0.15) is 16.5 Å². The van der Waals surface area contributed by atoms with Crippen molar-refractivity contribution in [2.75, 3.05) is 20.2 Å². The van der Waals surface area contributed by atoms with Crippen LogP contribution in [0.4, 0.5) is 4.39 Å². The minimum atomic E-state index is -3.68. The molecule has 7 nitrogen and oxygen atoms in total. The molecule has 1 unspecified atom stereocenters. The predicted octanol–water partition coefficient (Wildman–Crippen LogP) is 3.53. The lowest BCUT2D eigenvalue weighted by atomic mass is 9.96. The van der Waals surface area contributed by atoms with E-state index in [0.29, 0.717) is 31.2 Å². The monoisotopic (exact) mass is 431 g/mol. The van der Waals surface area contributed by atoms with E-state index in [1.165, 1.54) is 17.5 Å². The molecule has 1 aliphatic heterocycles. The molecule has 0 amide bonds. The molecule has 1 aliphatic rings. The van der Waals surface area contributed by atoms with E-state index in [-0.39, 0.29) is 22.2 Å². The minimum Gasteiger partial charge on any atom is -0.495 e. The summed E-state index contributed by atoms with van der Waals surface area (Å²) in [5.41, 5.74) is 0.275. The highest BCUT2D eigenvalue weighted by Crippen LogP contribution is 2.30. The van der Waals surface area contributed by atoms with Crippen molar-refractivity contribution in [2.24, 2.45) is 5.92 Å². The van der Waals surface area contributed by atoms with Gasteiger partial charge in [0, 0.05) is 19.5 Å². The number of aromatic nitrogens is 2. The summed E-state index contributed by atoms with van der Waals surface area (Å²) < 4.78 is 52.2. The first-order chi connectivity index (χ1) is 14.5. The minimum absolute atomic E-state index is 0.0251. The zero-order chi connectivity index (χ0) is 21.1. The van der Waals surface area contributed by atoms with Gasteiger partial charge in [-0.3, -0.25) is 0 Å². The van der Waals surface area contributed by atoms with E-state index in [0.717, 1.165) is 12.8 Å². The highest BCUT2D eigenvalue weighted by Gasteiger charge is 2.33. The number of ether oxygens (including phenoxy) is 1. The normalized spacial score (nSPS) is 17.7. The Morgan fingerprint density at radius 1 is 1.20 bits per heavy atom. The molecular formula is C21H22FN3O4S. The van der Waals surface area contributed by atoms with Gasteiger partial charge in [-0.05, 0) is 43.0 Å². The Morgan fingerprint density at radius 2 is 1.97 bits per heavy atom. The van der Waals surface area contributed by atoms with Crippen molar-refractivity contribution < 1.29 is 22.1 Å². The first kappa shape index (κ1) is 20.5. The summed E-state index contributed by atoms with van der Waals surface area (Å²) in [6, 6.07) is 12.8. The summed E-state index contributed by atoms with van der Waals surface area (Å²) in [6.07, 6.45) is 2.00. The molecule has 9 heteroatoms. The third kappa shape index (κ3) is 4.08. The second kappa shape index (κ2) is 8.53. The summed E-state index contributed by atoms with van der Waals surface area (Å²) in [6.45, 7) is 0.791. The number of benzene rings is 2. The number of piperidine rings is 1. The Balaban J connectivity index is 1.49. The van der Waals surface area contributed by atoms with Crippen LogP contribution in [0, 0.1) is 11.7 Å². The van der Waals surface area contributed by atoms with E-state index in [2.05, 4.69) is 10.1 Å². The molecule has 0 aliphatic carbocycles. The maximum absolute atomic E-state index is 13.9. The van der Waals surface area contributed by atoms with Crippen LogP contribution in [0.3, 0.4) is 0 Å². The van der Waals surface area contributed by atoms with Crippen LogP contribution in [0.5, 0.6) is 5.75 Å². The van der Waals surface area contributed by atoms with Crippen LogP contribution in [0.1, 0.15) is 18.7 Å². The molecule has 1 saturated heterocycles. The van der Waals surface area contributed by atoms with Gasteiger partial charge in [-0.1, -0.05) is 29.4 Å². The second-order valence-electron chi connectivity index (χ2n) is 7.22. The SMILES string of the molecule is COc1ccccc1S(=O)(=O)N1CCCC(Cc2nc(-c3ccccc3F)no2)C1. The summed E-state index contributed by atoms with van der Waals surface area (Å²) >= 11 is 0. The van der Waals surface area contributed by atoms with Crippen LogP contribution in [-0.4, -0.2) is 43.1 Å². The smallest absolute Gasteiger partial charge is 0.246 e. The molecule has 158 valence electrons. The summed E-state index contributed by atoms with van der Waals surface area (Å²) in [5, 5.41) is 3.88. The van der Waals surface area contributed by atoms with E-state index < -0.39 is 15.8 Å². The Hall–Kier alpha value is -2.78. The molecule has 2 heterocycles. The lowest BCUT2D eigenvalue weighted by Crippen LogP contribution is -2.40. The van der Waals surface area contributed by atoms with Crippen LogP contribution in [-0.2, 0) is 16.4 Å². The maximum atomic E-state index is 13.9. The number of halogens is 1. The van der Waals surface area contributed by atoms with E-state index in [1.807, 2.05) is 0 Å². The fraction of sp³-hybridized carbons (Fsp3) is 0.333. The van der Waals surface area contributed by atoms with Crippen LogP contribution in [0.2, 0.25) is 0 Å². The van der Waals surface area contributed by atoms with Gasteiger partial charge in [-0.2, -0.15) is 9.29 Å². The molecule has 1 aromatic heterocycles. The van der Waals surface area contributed by atoms with Gasteiger partial charge in [-0.25, -0.2) is 12.8 Å². The summed E-state index contributed by atoms with van der Waals surface area (Å²) in [7, 11) is -2.23. The summed E-state index contributed by atoms with van der Waals surface area (Å²) in [5.74, 6) is 0.493. The van der Waals surface area contributed by atoms with Gasteiger partial charge in [0.15, 0.2) is 0 Å². The number of para-hydroxylation sites is 1. The molecule has 1 fully saturated rings. The van der Waals surface area contributed by atoms with Crippen molar-refractivity contribution in [3.8, 4) is 17.1 Å². The highest BCUT2D eigenvalue weighted by atomic mass is 32.2. The van der Waals surface area contributed by atoms with Gasteiger partial charge in [0.05, 0.1) is 12.7 Å². The Kier molecular flexibility index (Phi) is 5.83. The first-order valence-electron chi connectivity index (χ1n) is 9.69. The topological polar surface area (TPSA) is 85.5 Å². The number of hydrogen-bond donors (Lipinski definition) is 0. The van der Waals surface area contributed by atoms with E-state index in [1.54, 1.807) is 42.5 Å². The van der Waals surface area contributed by atoms with Crippen molar-refractivity contribution in [2.45, 2.75) is 24.2 Å². The molecule has 0 N–H and O–H groups in total. The first-order valence-corrected chi connectivity index (χ1v) is 11.1. The molecule has 0 saturated carbocycles. The second-order valence-corrected chi connectivity index (χ2v) is 9.12. The average Bonchev–Trinajstić information content (AvgIpc) is 3.22. The number of nitrogens with zero attached hydrogens (tertiary/aromatic N) is 3. The largest absolute Gasteiger partial charge is 0.495 e. The molecule has 0 spiro atoms. The lowest BCUT2D eigenvalue weighted by molar-refractivity contribution is 0.246. The van der Waals surface area contributed by atoms with Crippen molar-refractivity contribution in [3.63, 3.8) is 0 Å². The van der Waals surface area contributed by atoms with Crippen LogP contribution >= 0.6 is 0 Å². The molecular weight excluding hydrogens is 409 g/mol. The van der Waals surface area contributed by atoms with Gasteiger partial charge >= 0.3 is 0 Å². The van der Waals surface area contributed by atoms with E-state index >= 15 is 0 Å². The molecule has 0 bridgehead atoms. The van der Waals surface area contributed by atoms with E-state index in [4.69, 9.17) is 9.26 Å². The standard InChI is InChI=1S/C21H22FN3O4S/c1-28-18-10-4-5-11-19(18)30(26,27)25-12-6-7-15(14-25)13-20-23-21(24-29-20)16-8-2-3-9-17(16)22/h2-5,8-11,15H,6-7,12-14H2,1H3. The number of sulfonamides is 1. The lowest BCUT2D eigenvalue weighted by Gasteiger charge is -2.31. The molecule has 3 aromatic rings. The van der Waals surface area contributed by atoms with Crippen molar-refractivity contribution in [3.05, 3.63) is 60.2 Å². The Bertz CT molecular complexity index is 1130. The number of rotatable bonds is 6. The molecule has 1 atom stereocenters. The zero-order valence-corrected chi connectivity index (χ0v) is 17.3. The van der Waals surface area contributed by atoms with Crippen LogP contribution in [0.25, 0.3) is 11.4 Å². The van der Waals surface area contributed by atoms with Crippen LogP contribution in [0.15, 0.2) is 57.9 Å². The quantitative estimate of drug-likeness (QED) is 0.594. The van der Waals surface area contributed by atoms with Crippen molar-refractivity contribution in [1.29, 1.82) is 0 Å². The van der Waals surface area contributed by atoms with Gasteiger partial charge in [0.2, 0.25) is 21.7 Å². The molecule has 2 aromatic carbocycles. The van der Waals surface area contributed by atoms with Crippen molar-refractivity contribution >= 4 is 10.0 Å². The number of hydrogen-bond acceptors (Lipinski definition) is 6. The highest BCUT2D eigenvalue weighted by molar-refractivity contribution is 7.89. The van der Waals surface area contributed by atoms with Crippen LogP contribution < -0.4 is 4.74 Å². The predicted molar refractivity (Wildman–Crippen MR) is 108 cm³/mol. The van der Waals surface area contributed by atoms with Gasteiger partial charge in [0.25, 0.3) is 0 Å². The van der Waals surface area contributed by atoms with Crippen molar-refractivity contribution in [1.82, 2.24) is 14.4 Å². The van der Waals surface area contributed by atoms with Gasteiger partial charge in [-0.15, -0.1) is 0 Å². The number of methoxy groups -OCH3 is 1. The third-order valence-electron chi connectivity index (χ3n) is 5.21. The Labute approximate surface area is 174 Å². The molecule has 4 rings (SSSR count). The Morgan fingerprint density at radius 3 is 2.77 bits per heavy atom. The van der Waals surface area contributed by atoms with Gasteiger partial charge < -0.3 is 9.26 Å². The molecule has 30 heavy (non-hydrogen) atoms. The average molecular weight is 431 g/mol. The third-order valence-corrected chi connectivity index (χ3v) is 7.12. The molecule has 0 radical (unpaired) electrons.